The zero-order chi connectivity index (χ0) is 23.6. The summed E-state index contributed by atoms with van der Waals surface area (Å²) in [5.41, 5.74) is 1.28. The maximum absolute atomic E-state index is 12.0. The van der Waals surface area contributed by atoms with E-state index in [0.29, 0.717) is 15.7 Å². The van der Waals surface area contributed by atoms with Gasteiger partial charge in [0.1, 0.15) is 0 Å². The molecule has 9 nitrogen and oxygen atoms in total. The third-order valence-electron chi connectivity index (χ3n) is 3.32. The van der Waals surface area contributed by atoms with Crippen LogP contribution in [0, 0.1) is 3.57 Å². The number of anilines is 2. The van der Waals surface area contributed by atoms with E-state index in [0.717, 1.165) is 9.26 Å². The number of rotatable bonds is 6. The van der Waals surface area contributed by atoms with Crippen LogP contribution in [-0.4, -0.2) is 59.0 Å². The number of hydrogen-bond donors (Lipinski definition) is 4. The summed E-state index contributed by atoms with van der Waals surface area (Å²) < 4.78 is 1.03. The molecule has 0 aromatic heterocycles. The SMILES string of the molecule is CN(CC(=O)Nc1cccc(I)c1)CC(=O)Nc1ccc(Cl)c(Cl)c1.O=C(O)C(=O)O. The first-order valence-corrected chi connectivity index (χ1v) is 10.3. The van der Waals surface area contributed by atoms with E-state index in [1.54, 1.807) is 30.1 Å². The van der Waals surface area contributed by atoms with Gasteiger partial charge in [0.05, 0.1) is 23.1 Å². The molecule has 0 spiro atoms. The highest BCUT2D eigenvalue weighted by atomic mass is 127. The summed E-state index contributed by atoms with van der Waals surface area (Å²) in [6, 6.07) is 12.3. The van der Waals surface area contributed by atoms with E-state index in [4.69, 9.17) is 43.0 Å². The van der Waals surface area contributed by atoms with Gasteiger partial charge in [0.25, 0.3) is 0 Å². The zero-order valence-electron chi connectivity index (χ0n) is 16.1. The quantitative estimate of drug-likeness (QED) is 0.304. The van der Waals surface area contributed by atoms with Crippen LogP contribution in [-0.2, 0) is 19.2 Å². The maximum atomic E-state index is 12.0. The van der Waals surface area contributed by atoms with Gasteiger partial charge in [-0.15, -0.1) is 0 Å². The molecule has 0 bridgehead atoms. The molecule has 0 saturated heterocycles. The number of benzene rings is 2. The van der Waals surface area contributed by atoms with Crippen LogP contribution in [0.25, 0.3) is 0 Å². The summed E-state index contributed by atoms with van der Waals surface area (Å²) >= 11 is 13.9. The number of hydrogen-bond acceptors (Lipinski definition) is 5. The number of aliphatic carboxylic acids is 2. The molecule has 0 saturated carbocycles. The second-order valence-corrected chi connectivity index (χ2v) is 8.08. The van der Waals surface area contributed by atoms with Crippen LogP contribution in [0.1, 0.15) is 0 Å². The smallest absolute Gasteiger partial charge is 0.414 e. The monoisotopic (exact) mass is 581 g/mol. The van der Waals surface area contributed by atoms with Gasteiger partial charge in [-0.3, -0.25) is 14.5 Å². The molecule has 2 rings (SSSR count). The molecule has 2 aromatic carbocycles. The molecule has 2 aromatic rings. The van der Waals surface area contributed by atoms with Gasteiger partial charge in [0.2, 0.25) is 11.8 Å². The largest absolute Gasteiger partial charge is 0.473 e. The fraction of sp³-hybridized carbons (Fsp3) is 0.158. The number of likely N-dealkylation sites (N-methyl/N-ethyl adjacent to an activating group) is 1. The number of carbonyl (C=O) groups excluding carboxylic acids is 2. The predicted molar refractivity (Wildman–Crippen MR) is 126 cm³/mol. The van der Waals surface area contributed by atoms with Gasteiger partial charge in [-0.1, -0.05) is 29.3 Å². The Balaban J connectivity index is 0.000000703. The van der Waals surface area contributed by atoms with E-state index in [1.165, 1.54) is 0 Å². The second-order valence-electron chi connectivity index (χ2n) is 6.02. The molecule has 0 heterocycles. The average molecular weight is 582 g/mol. The van der Waals surface area contributed by atoms with E-state index < -0.39 is 11.9 Å². The number of nitrogens with one attached hydrogen (secondary N) is 2. The molecular formula is C19H18Cl2IN3O6. The molecule has 166 valence electrons. The van der Waals surface area contributed by atoms with E-state index in [1.807, 2.05) is 24.3 Å². The molecule has 2 amide bonds. The highest BCUT2D eigenvalue weighted by molar-refractivity contribution is 14.1. The number of nitrogens with zero attached hydrogens (tertiary/aromatic N) is 1. The Morgan fingerprint density at radius 2 is 1.39 bits per heavy atom. The summed E-state index contributed by atoms with van der Waals surface area (Å²) in [5, 5.41) is 21.1. The minimum absolute atomic E-state index is 0.0694. The van der Waals surface area contributed by atoms with E-state index in [-0.39, 0.29) is 24.9 Å². The van der Waals surface area contributed by atoms with Crippen LogP contribution in [0.4, 0.5) is 11.4 Å². The lowest BCUT2D eigenvalue weighted by atomic mass is 10.3. The van der Waals surface area contributed by atoms with Crippen LogP contribution in [0.5, 0.6) is 0 Å². The summed E-state index contributed by atoms with van der Waals surface area (Å²) in [4.78, 5) is 43.9. The molecule has 0 unspecified atom stereocenters. The second kappa shape index (κ2) is 13.1. The Morgan fingerprint density at radius 1 is 0.871 bits per heavy atom. The third-order valence-corrected chi connectivity index (χ3v) is 4.73. The number of carboxylic acid groups (broad SMARTS) is 2. The maximum Gasteiger partial charge on any atom is 0.414 e. The minimum atomic E-state index is -1.82. The summed E-state index contributed by atoms with van der Waals surface area (Å²) in [7, 11) is 1.70. The van der Waals surface area contributed by atoms with Crippen molar-refractivity contribution in [3.05, 3.63) is 56.1 Å². The summed E-state index contributed by atoms with van der Waals surface area (Å²) in [5.74, 6) is -4.08. The normalized spacial score (nSPS) is 9.97. The standard InChI is InChI=1S/C17H16Cl2IN3O2.C2H2O4/c1-23(9-16(24)21-12-4-2-3-11(20)7-12)10-17(25)22-13-5-6-14(18)15(19)8-13;3-1(4)2(5)6/h2-8H,9-10H2,1H3,(H,21,24)(H,22,25);(H,3,4)(H,5,6). The summed E-state index contributed by atoms with van der Waals surface area (Å²) in [6.45, 7) is 0.167. The lowest BCUT2D eigenvalue weighted by molar-refractivity contribution is -0.159. The highest BCUT2D eigenvalue weighted by Gasteiger charge is 2.12. The van der Waals surface area contributed by atoms with Crippen molar-refractivity contribution >= 4 is 80.9 Å². The third kappa shape index (κ3) is 11.0. The first-order chi connectivity index (χ1) is 14.5. The van der Waals surface area contributed by atoms with Gasteiger partial charge in [0.15, 0.2) is 0 Å². The van der Waals surface area contributed by atoms with Gasteiger partial charge < -0.3 is 20.8 Å². The molecule has 0 radical (unpaired) electrons. The first-order valence-electron chi connectivity index (χ1n) is 8.43. The number of carboxylic acids is 2. The van der Waals surface area contributed by atoms with Gasteiger partial charge in [-0.05, 0) is 66.0 Å². The minimum Gasteiger partial charge on any atom is -0.473 e. The molecule has 12 heteroatoms. The molecule has 4 N–H and O–H groups in total. The average Bonchev–Trinajstić information content (AvgIpc) is 2.64. The Labute approximate surface area is 201 Å². The van der Waals surface area contributed by atoms with Crippen LogP contribution in [0.15, 0.2) is 42.5 Å². The van der Waals surface area contributed by atoms with Gasteiger partial charge >= 0.3 is 11.9 Å². The molecule has 0 fully saturated rings. The zero-order valence-corrected chi connectivity index (χ0v) is 19.7. The van der Waals surface area contributed by atoms with Crippen molar-refractivity contribution in [3.8, 4) is 0 Å². The molecule has 31 heavy (non-hydrogen) atoms. The molecular weight excluding hydrogens is 564 g/mol. The van der Waals surface area contributed by atoms with Crippen molar-refractivity contribution in [1.82, 2.24) is 4.90 Å². The van der Waals surface area contributed by atoms with E-state index in [9.17, 15) is 9.59 Å². The molecule has 0 atom stereocenters. The van der Waals surface area contributed by atoms with Crippen LogP contribution < -0.4 is 10.6 Å². The Hall–Kier alpha value is -2.41. The van der Waals surface area contributed by atoms with Crippen molar-refractivity contribution in [3.63, 3.8) is 0 Å². The van der Waals surface area contributed by atoms with Crippen molar-refractivity contribution < 1.29 is 29.4 Å². The lowest BCUT2D eigenvalue weighted by Crippen LogP contribution is -2.36. The number of halogens is 3. The molecule has 0 aliphatic heterocycles. The fourth-order valence-corrected chi connectivity index (χ4v) is 2.93. The van der Waals surface area contributed by atoms with Crippen molar-refractivity contribution in [2.24, 2.45) is 0 Å². The fourth-order valence-electron chi connectivity index (χ4n) is 2.09. The van der Waals surface area contributed by atoms with Crippen LogP contribution in [0.2, 0.25) is 10.0 Å². The lowest BCUT2D eigenvalue weighted by Gasteiger charge is -2.16. The Bertz CT molecular complexity index is 961. The van der Waals surface area contributed by atoms with Gasteiger partial charge in [0, 0.05) is 14.9 Å². The summed E-state index contributed by atoms with van der Waals surface area (Å²) in [6.07, 6.45) is 0. The molecule has 0 aliphatic carbocycles. The Kier molecular flexibility index (Phi) is 11.3. The first kappa shape index (κ1) is 26.6. The van der Waals surface area contributed by atoms with Crippen LogP contribution >= 0.6 is 45.8 Å². The predicted octanol–water partition coefficient (Wildman–Crippen LogP) is 3.26. The molecule has 0 aliphatic rings. The van der Waals surface area contributed by atoms with Crippen molar-refractivity contribution in [2.75, 3.05) is 30.8 Å². The highest BCUT2D eigenvalue weighted by Crippen LogP contribution is 2.24. The van der Waals surface area contributed by atoms with E-state index in [2.05, 4.69) is 33.2 Å². The van der Waals surface area contributed by atoms with Gasteiger partial charge in [-0.2, -0.15) is 0 Å². The van der Waals surface area contributed by atoms with Crippen molar-refractivity contribution in [2.45, 2.75) is 0 Å². The van der Waals surface area contributed by atoms with Crippen LogP contribution in [0.3, 0.4) is 0 Å². The topological polar surface area (TPSA) is 136 Å². The number of amides is 2. The van der Waals surface area contributed by atoms with Crippen molar-refractivity contribution in [1.29, 1.82) is 0 Å². The van der Waals surface area contributed by atoms with Gasteiger partial charge in [-0.25, -0.2) is 9.59 Å². The number of carbonyl (C=O) groups is 4. The van der Waals surface area contributed by atoms with E-state index >= 15 is 0 Å². The Morgan fingerprint density at radius 3 is 1.84 bits per heavy atom.